The standard InChI is InChI=1S/C22H25N3O3S/c1-17-8-9-21(14-18(17)2)29(26,27)25-12-10-24(11-13-25)16-20-15-22(28-23-20)19-6-4-3-5-7-19/h3-9,14-15H,10-13,16H2,1-2H3. The second-order valence-corrected chi connectivity index (χ2v) is 9.41. The van der Waals surface area contributed by atoms with Gasteiger partial charge in [-0.05, 0) is 37.1 Å². The third kappa shape index (κ3) is 4.27. The van der Waals surface area contributed by atoms with Gasteiger partial charge in [0.2, 0.25) is 10.0 Å². The summed E-state index contributed by atoms with van der Waals surface area (Å²) in [7, 11) is -3.46. The maximum Gasteiger partial charge on any atom is 0.243 e. The van der Waals surface area contributed by atoms with Crippen LogP contribution in [0, 0.1) is 13.8 Å². The highest BCUT2D eigenvalue weighted by atomic mass is 32.2. The van der Waals surface area contributed by atoms with Crippen LogP contribution in [0.25, 0.3) is 11.3 Å². The fourth-order valence-corrected chi connectivity index (χ4v) is 5.01. The quantitative estimate of drug-likeness (QED) is 0.643. The van der Waals surface area contributed by atoms with E-state index in [-0.39, 0.29) is 0 Å². The minimum atomic E-state index is -3.46. The maximum absolute atomic E-state index is 13.0. The Morgan fingerprint density at radius 3 is 2.34 bits per heavy atom. The van der Waals surface area contributed by atoms with Crippen LogP contribution in [0.2, 0.25) is 0 Å². The summed E-state index contributed by atoms with van der Waals surface area (Å²) < 4.78 is 33.0. The fourth-order valence-electron chi connectivity index (χ4n) is 3.51. The van der Waals surface area contributed by atoms with Gasteiger partial charge in [-0.1, -0.05) is 41.6 Å². The van der Waals surface area contributed by atoms with E-state index in [0.717, 1.165) is 28.1 Å². The van der Waals surface area contributed by atoms with Crippen molar-refractivity contribution in [3.05, 3.63) is 71.4 Å². The molecule has 0 unspecified atom stereocenters. The van der Waals surface area contributed by atoms with Crippen molar-refractivity contribution in [2.75, 3.05) is 26.2 Å². The highest BCUT2D eigenvalue weighted by molar-refractivity contribution is 7.89. The average molecular weight is 412 g/mol. The van der Waals surface area contributed by atoms with Crippen LogP contribution in [0.1, 0.15) is 16.8 Å². The van der Waals surface area contributed by atoms with Crippen molar-refractivity contribution in [3.8, 4) is 11.3 Å². The minimum absolute atomic E-state index is 0.373. The number of hydrogen-bond donors (Lipinski definition) is 0. The van der Waals surface area contributed by atoms with Gasteiger partial charge < -0.3 is 4.52 Å². The molecule has 0 saturated carbocycles. The summed E-state index contributed by atoms with van der Waals surface area (Å²) in [5, 5.41) is 4.17. The predicted molar refractivity (Wildman–Crippen MR) is 112 cm³/mol. The first-order chi connectivity index (χ1) is 13.9. The lowest BCUT2D eigenvalue weighted by Gasteiger charge is -2.33. The highest BCUT2D eigenvalue weighted by Crippen LogP contribution is 2.23. The third-order valence-electron chi connectivity index (χ3n) is 5.45. The first-order valence-electron chi connectivity index (χ1n) is 9.74. The number of piperazine rings is 1. The van der Waals surface area contributed by atoms with E-state index in [9.17, 15) is 8.42 Å². The van der Waals surface area contributed by atoms with Crippen LogP contribution < -0.4 is 0 Å². The van der Waals surface area contributed by atoms with Gasteiger partial charge in [-0.25, -0.2) is 8.42 Å². The number of aromatic nitrogens is 1. The van der Waals surface area contributed by atoms with E-state index in [0.29, 0.717) is 37.6 Å². The van der Waals surface area contributed by atoms with E-state index in [2.05, 4.69) is 10.1 Å². The Morgan fingerprint density at radius 2 is 1.66 bits per heavy atom. The fraction of sp³-hybridized carbons (Fsp3) is 0.318. The zero-order valence-electron chi connectivity index (χ0n) is 16.7. The zero-order chi connectivity index (χ0) is 20.4. The Bertz CT molecular complexity index is 1090. The lowest BCUT2D eigenvalue weighted by atomic mass is 10.1. The maximum atomic E-state index is 13.0. The van der Waals surface area contributed by atoms with Crippen molar-refractivity contribution in [2.45, 2.75) is 25.3 Å². The molecule has 3 aromatic rings. The summed E-state index contributed by atoms with van der Waals surface area (Å²) in [6.07, 6.45) is 0. The summed E-state index contributed by atoms with van der Waals surface area (Å²) >= 11 is 0. The summed E-state index contributed by atoms with van der Waals surface area (Å²) in [6, 6.07) is 17.1. The molecule has 29 heavy (non-hydrogen) atoms. The first kappa shape index (κ1) is 19.8. The zero-order valence-corrected chi connectivity index (χ0v) is 17.5. The summed E-state index contributed by atoms with van der Waals surface area (Å²) in [4.78, 5) is 2.58. The lowest BCUT2D eigenvalue weighted by Crippen LogP contribution is -2.48. The molecule has 152 valence electrons. The molecule has 2 heterocycles. The SMILES string of the molecule is Cc1ccc(S(=O)(=O)N2CCN(Cc3cc(-c4ccccc4)on3)CC2)cc1C. The largest absolute Gasteiger partial charge is 0.356 e. The van der Waals surface area contributed by atoms with Gasteiger partial charge in [0.05, 0.1) is 10.6 Å². The Balaban J connectivity index is 1.38. The molecule has 0 N–H and O–H groups in total. The van der Waals surface area contributed by atoms with Crippen LogP contribution >= 0.6 is 0 Å². The second-order valence-electron chi connectivity index (χ2n) is 7.47. The van der Waals surface area contributed by atoms with Crippen molar-refractivity contribution >= 4 is 10.0 Å². The van der Waals surface area contributed by atoms with Crippen molar-refractivity contribution in [2.24, 2.45) is 0 Å². The van der Waals surface area contributed by atoms with Crippen molar-refractivity contribution < 1.29 is 12.9 Å². The van der Waals surface area contributed by atoms with Gasteiger partial charge in [-0.2, -0.15) is 4.31 Å². The second kappa shape index (κ2) is 8.10. The summed E-state index contributed by atoms with van der Waals surface area (Å²) in [5.74, 6) is 0.747. The molecule has 0 bridgehead atoms. The first-order valence-corrected chi connectivity index (χ1v) is 11.2. The van der Waals surface area contributed by atoms with Crippen LogP contribution in [0.4, 0.5) is 0 Å². The topological polar surface area (TPSA) is 66.7 Å². The van der Waals surface area contributed by atoms with Crippen molar-refractivity contribution in [1.82, 2.24) is 14.4 Å². The van der Waals surface area contributed by atoms with Gasteiger partial charge >= 0.3 is 0 Å². The minimum Gasteiger partial charge on any atom is -0.356 e. The number of hydrogen-bond acceptors (Lipinski definition) is 5. The monoisotopic (exact) mass is 411 g/mol. The van der Waals surface area contributed by atoms with Crippen LogP contribution in [0.5, 0.6) is 0 Å². The molecule has 1 aliphatic heterocycles. The van der Waals surface area contributed by atoms with E-state index in [1.807, 2.05) is 56.3 Å². The smallest absolute Gasteiger partial charge is 0.243 e. The number of rotatable bonds is 5. The number of sulfonamides is 1. The highest BCUT2D eigenvalue weighted by Gasteiger charge is 2.29. The molecular weight excluding hydrogens is 386 g/mol. The molecule has 1 aliphatic rings. The molecular formula is C22H25N3O3S. The Morgan fingerprint density at radius 1 is 0.931 bits per heavy atom. The molecule has 4 rings (SSSR count). The molecule has 1 saturated heterocycles. The summed E-state index contributed by atoms with van der Waals surface area (Å²) in [5.41, 5.74) is 3.94. The van der Waals surface area contributed by atoms with Crippen LogP contribution in [-0.4, -0.2) is 49.0 Å². The van der Waals surface area contributed by atoms with E-state index >= 15 is 0 Å². The Hall–Kier alpha value is -2.48. The summed E-state index contributed by atoms with van der Waals surface area (Å²) in [6.45, 7) is 6.84. The van der Waals surface area contributed by atoms with Gasteiger partial charge in [-0.15, -0.1) is 0 Å². The Kier molecular flexibility index (Phi) is 5.54. The molecule has 0 aliphatic carbocycles. The van der Waals surface area contributed by atoms with E-state index in [4.69, 9.17) is 4.52 Å². The van der Waals surface area contributed by atoms with Gasteiger partial charge in [0.25, 0.3) is 0 Å². The predicted octanol–water partition coefficient (Wildman–Crippen LogP) is 3.46. The van der Waals surface area contributed by atoms with E-state index in [1.165, 1.54) is 0 Å². The molecule has 1 fully saturated rings. The van der Waals surface area contributed by atoms with Gasteiger partial charge in [0, 0.05) is 44.4 Å². The lowest BCUT2D eigenvalue weighted by molar-refractivity contribution is 0.178. The average Bonchev–Trinajstić information content (AvgIpc) is 3.19. The van der Waals surface area contributed by atoms with Crippen molar-refractivity contribution in [3.63, 3.8) is 0 Å². The molecule has 0 radical (unpaired) electrons. The van der Waals surface area contributed by atoms with Gasteiger partial charge in [-0.3, -0.25) is 4.90 Å². The normalized spacial score (nSPS) is 16.2. The number of benzene rings is 2. The van der Waals surface area contributed by atoms with Gasteiger partial charge in [0.1, 0.15) is 0 Å². The molecule has 0 spiro atoms. The molecule has 0 amide bonds. The molecule has 0 atom stereocenters. The van der Waals surface area contributed by atoms with Crippen molar-refractivity contribution in [1.29, 1.82) is 0 Å². The van der Waals surface area contributed by atoms with Gasteiger partial charge in [0.15, 0.2) is 5.76 Å². The Labute approximate surface area is 171 Å². The van der Waals surface area contributed by atoms with E-state index < -0.39 is 10.0 Å². The van der Waals surface area contributed by atoms with Crippen LogP contribution in [0.15, 0.2) is 64.0 Å². The third-order valence-corrected chi connectivity index (χ3v) is 7.34. The number of aryl methyl sites for hydroxylation is 2. The molecule has 1 aromatic heterocycles. The van der Waals surface area contributed by atoms with Crippen LogP contribution in [-0.2, 0) is 16.6 Å². The molecule has 6 nitrogen and oxygen atoms in total. The molecule has 2 aromatic carbocycles. The van der Waals surface area contributed by atoms with Crippen LogP contribution in [0.3, 0.4) is 0 Å². The molecule has 7 heteroatoms. The van der Waals surface area contributed by atoms with E-state index in [1.54, 1.807) is 16.4 Å². The number of nitrogens with zero attached hydrogens (tertiary/aromatic N) is 3.